The summed E-state index contributed by atoms with van der Waals surface area (Å²) >= 11 is 0. The minimum Gasteiger partial charge on any atom is -0.352 e. The molecule has 0 heterocycles. The highest BCUT2D eigenvalue weighted by molar-refractivity contribution is 7.92. The first-order chi connectivity index (χ1) is 22.5. The van der Waals surface area contributed by atoms with Crippen molar-refractivity contribution in [1.29, 1.82) is 0 Å². The van der Waals surface area contributed by atoms with Crippen LogP contribution in [0.2, 0.25) is 0 Å². The maximum atomic E-state index is 14.7. The van der Waals surface area contributed by atoms with E-state index in [4.69, 9.17) is 0 Å². The molecule has 0 spiro atoms. The minimum atomic E-state index is -4.15. The van der Waals surface area contributed by atoms with Gasteiger partial charge < -0.3 is 10.2 Å². The van der Waals surface area contributed by atoms with E-state index in [0.717, 1.165) is 59.1 Å². The van der Waals surface area contributed by atoms with Crippen LogP contribution in [0.3, 0.4) is 0 Å². The number of carbonyl (C=O) groups is 2. The fraction of sp³-hybridized carbons (Fsp3) is 0.333. The molecule has 1 fully saturated rings. The molecular formula is C39H45N3O4S. The molecule has 4 aromatic carbocycles. The zero-order chi connectivity index (χ0) is 33.6. The SMILES string of the molecule is Cc1ccc(CN(C(=O)CN(c2ccc(C)c(C)c2)S(=O)(=O)c2ccc(C)cc2)[C@H](Cc2ccccc2)C(=O)NC2CCCC2)cc1. The Morgan fingerprint density at radius 1 is 0.766 bits per heavy atom. The fourth-order valence-electron chi connectivity index (χ4n) is 6.06. The van der Waals surface area contributed by atoms with Gasteiger partial charge in [0.05, 0.1) is 10.6 Å². The number of nitrogens with one attached hydrogen (secondary N) is 1. The summed E-state index contributed by atoms with van der Waals surface area (Å²) in [6, 6.07) is 28.8. The first kappa shape index (κ1) is 33.9. The predicted octanol–water partition coefficient (Wildman–Crippen LogP) is 6.81. The Kier molecular flexibility index (Phi) is 10.8. The van der Waals surface area contributed by atoms with E-state index in [2.05, 4.69) is 5.32 Å². The molecule has 2 amide bonds. The standard InChI is InChI=1S/C39H45N3O4S/c1-28-14-19-33(20-15-28)26-41(37(25-32-10-6-5-7-11-32)39(44)40-34-12-8-9-13-34)38(43)27-42(35-21-18-30(3)31(4)24-35)47(45,46)36-22-16-29(2)17-23-36/h5-7,10-11,14-24,34,37H,8-9,12-13,25-27H2,1-4H3,(H,40,44)/t37-/m1/s1. The first-order valence-electron chi connectivity index (χ1n) is 16.4. The Bertz CT molecular complexity index is 1780. The van der Waals surface area contributed by atoms with Gasteiger partial charge in [-0.2, -0.15) is 0 Å². The summed E-state index contributed by atoms with van der Waals surface area (Å²) in [7, 11) is -4.15. The number of hydrogen-bond acceptors (Lipinski definition) is 4. The molecule has 47 heavy (non-hydrogen) atoms. The summed E-state index contributed by atoms with van der Waals surface area (Å²) in [5.74, 6) is -0.678. The third-order valence-corrected chi connectivity index (χ3v) is 10.9. The van der Waals surface area contributed by atoms with Crippen LogP contribution >= 0.6 is 0 Å². The average Bonchev–Trinajstić information content (AvgIpc) is 3.57. The van der Waals surface area contributed by atoms with Gasteiger partial charge in [0.25, 0.3) is 10.0 Å². The smallest absolute Gasteiger partial charge is 0.264 e. The lowest BCUT2D eigenvalue weighted by Gasteiger charge is -2.34. The summed E-state index contributed by atoms with van der Waals surface area (Å²) in [5, 5.41) is 3.22. The van der Waals surface area contributed by atoms with E-state index in [9.17, 15) is 18.0 Å². The molecule has 8 heteroatoms. The molecule has 246 valence electrons. The number of sulfonamides is 1. The van der Waals surface area contributed by atoms with Gasteiger partial charge in [-0.3, -0.25) is 13.9 Å². The molecule has 4 aromatic rings. The van der Waals surface area contributed by atoms with Crippen molar-refractivity contribution in [3.8, 4) is 0 Å². The van der Waals surface area contributed by atoms with Crippen molar-refractivity contribution in [2.24, 2.45) is 0 Å². The van der Waals surface area contributed by atoms with Crippen LogP contribution in [0, 0.1) is 27.7 Å². The van der Waals surface area contributed by atoms with Crippen LogP contribution in [0.4, 0.5) is 5.69 Å². The van der Waals surface area contributed by atoms with Crippen LogP contribution in [0.15, 0.2) is 102 Å². The maximum absolute atomic E-state index is 14.7. The number of benzene rings is 4. The molecule has 1 aliphatic rings. The highest BCUT2D eigenvalue weighted by Gasteiger charge is 2.35. The van der Waals surface area contributed by atoms with Crippen LogP contribution < -0.4 is 9.62 Å². The Morgan fingerprint density at radius 2 is 1.38 bits per heavy atom. The van der Waals surface area contributed by atoms with Crippen molar-refractivity contribution in [3.63, 3.8) is 0 Å². The van der Waals surface area contributed by atoms with E-state index in [1.807, 2.05) is 88.4 Å². The molecular weight excluding hydrogens is 607 g/mol. The number of rotatable bonds is 12. The summed E-state index contributed by atoms with van der Waals surface area (Å²) in [6.07, 6.45) is 4.23. The van der Waals surface area contributed by atoms with E-state index >= 15 is 0 Å². The number of nitrogens with zero attached hydrogens (tertiary/aromatic N) is 2. The molecule has 1 N–H and O–H groups in total. The molecule has 5 rings (SSSR count). The molecule has 0 radical (unpaired) electrons. The molecule has 1 atom stereocenters. The zero-order valence-corrected chi connectivity index (χ0v) is 28.6. The van der Waals surface area contributed by atoms with Crippen LogP contribution in [-0.2, 0) is 32.6 Å². The number of amides is 2. The predicted molar refractivity (Wildman–Crippen MR) is 188 cm³/mol. The topological polar surface area (TPSA) is 86.8 Å². The second-order valence-electron chi connectivity index (χ2n) is 12.8. The van der Waals surface area contributed by atoms with Crippen molar-refractivity contribution >= 4 is 27.5 Å². The maximum Gasteiger partial charge on any atom is 0.264 e. The van der Waals surface area contributed by atoms with Gasteiger partial charge in [-0.05, 0) is 87.1 Å². The second kappa shape index (κ2) is 15.0. The van der Waals surface area contributed by atoms with Crippen molar-refractivity contribution in [2.45, 2.75) is 83.3 Å². The Balaban J connectivity index is 1.57. The Morgan fingerprint density at radius 3 is 2.00 bits per heavy atom. The molecule has 7 nitrogen and oxygen atoms in total. The van der Waals surface area contributed by atoms with E-state index in [-0.39, 0.29) is 23.4 Å². The van der Waals surface area contributed by atoms with Crippen LogP contribution in [0.25, 0.3) is 0 Å². The lowest BCUT2D eigenvalue weighted by molar-refractivity contribution is -0.140. The van der Waals surface area contributed by atoms with E-state index in [0.29, 0.717) is 12.1 Å². The lowest BCUT2D eigenvalue weighted by atomic mass is 10.0. The number of carbonyl (C=O) groups excluding carboxylic acids is 2. The molecule has 0 unspecified atom stereocenters. The van der Waals surface area contributed by atoms with E-state index in [1.165, 1.54) is 4.31 Å². The van der Waals surface area contributed by atoms with Gasteiger partial charge in [-0.15, -0.1) is 0 Å². The zero-order valence-electron chi connectivity index (χ0n) is 27.8. The van der Waals surface area contributed by atoms with Crippen molar-refractivity contribution in [3.05, 3.63) is 130 Å². The quantitative estimate of drug-likeness (QED) is 0.182. The molecule has 1 aliphatic carbocycles. The van der Waals surface area contributed by atoms with Crippen LogP contribution in [0.5, 0.6) is 0 Å². The van der Waals surface area contributed by atoms with Crippen LogP contribution in [-0.4, -0.2) is 43.8 Å². The molecule has 0 saturated heterocycles. The largest absolute Gasteiger partial charge is 0.352 e. The summed E-state index contributed by atoms with van der Waals surface area (Å²) in [4.78, 5) is 30.5. The van der Waals surface area contributed by atoms with Crippen molar-refractivity contribution in [1.82, 2.24) is 10.2 Å². The van der Waals surface area contributed by atoms with Gasteiger partial charge in [-0.25, -0.2) is 8.42 Å². The minimum absolute atomic E-state index is 0.0612. The summed E-state index contributed by atoms with van der Waals surface area (Å²) in [6.45, 7) is 7.46. The van der Waals surface area contributed by atoms with Gasteiger partial charge in [0.15, 0.2) is 0 Å². The van der Waals surface area contributed by atoms with Gasteiger partial charge in [0, 0.05) is 19.0 Å². The van der Waals surface area contributed by atoms with E-state index < -0.39 is 28.5 Å². The lowest BCUT2D eigenvalue weighted by Crippen LogP contribution is -2.54. The Hall–Kier alpha value is -4.43. The second-order valence-corrected chi connectivity index (χ2v) is 14.7. The molecule has 1 saturated carbocycles. The average molecular weight is 652 g/mol. The summed E-state index contributed by atoms with van der Waals surface area (Å²) < 4.78 is 29.8. The van der Waals surface area contributed by atoms with Gasteiger partial charge in [0.1, 0.15) is 12.6 Å². The third-order valence-electron chi connectivity index (χ3n) is 9.11. The Labute approximate surface area is 279 Å². The number of aryl methyl sites for hydroxylation is 4. The monoisotopic (exact) mass is 651 g/mol. The summed E-state index contributed by atoms with van der Waals surface area (Å²) in [5.41, 5.74) is 6.10. The first-order valence-corrected chi connectivity index (χ1v) is 17.8. The van der Waals surface area contributed by atoms with Crippen molar-refractivity contribution < 1.29 is 18.0 Å². The fourth-order valence-corrected chi connectivity index (χ4v) is 7.46. The van der Waals surface area contributed by atoms with Gasteiger partial charge >= 0.3 is 0 Å². The van der Waals surface area contributed by atoms with Gasteiger partial charge in [0.2, 0.25) is 11.8 Å². The van der Waals surface area contributed by atoms with Crippen LogP contribution in [0.1, 0.15) is 59.1 Å². The highest BCUT2D eigenvalue weighted by Crippen LogP contribution is 2.27. The van der Waals surface area contributed by atoms with Gasteiger partial charge in [-0.1, -0.05) is 96.8 Å². The molecule has 0 bridgehead atoms. The normalized spacial score (nSPS) is 14.0. The highest BCUT2D eigenvalue weighted by atomic mass is 32.2. The number of anilines is 1. The molecule has 0 aromatic heterocycles. The molecule has 0 aliphatic heterocycles. The third kappa shape index (κ3) is 8.49. The van der Waals surface area contributed by atoms with Crippen molar-refractivity contribution in [2.75, 3.05) is 10.8 Å². The van der Waals surface area contributed by atoms with E-state index in [1.54, 1.807) is 41.3 Å². The number of hydrogen-bond donors (Lipinski definition) is 1.